The first kappa shape index (κ1) is 9.78. The fourth-order valence-corrected chi connectivity index (χ4v) is 1.91. The van der Waals surface area contributed by atoms with Gasteiger partial charge in [-0.25, -0.2) is 4.98 Å². The van der Waals surface area contributed by atoms with Gasteiger partial charge in [0.1, 0.15) is 5.66 Å². The molecule has 0 saturated heterocycles. The van der Waals surface area contributed by atoms with E-state index in [4.69, 9.17) is 4.74 Å². The predicted molar refractivity (Wildman–Crippen MR) is 49.0 cm³/mol. The molecule has 66 valence electrons. The lowest BCUT2D eigenvalue weighted by atomic mass is 10.3. The van der Waals surface area contributed by atoms with Crippen LogP contribution in [0.25, 0.3) is 0 Å². The molecule has 1 aromatic heterocycles. The topological polar surface area (TPSA) is 39.2 Å². The summed E-state index contributed by atoms with van der Waals surface area (Å²) in [5.41, 5.74) is 2.49. The summed E-state index contributed by atoms with van der Waals surface area (Å²) >= 11 is 1.51. The van der Waals surface area contributed by atoms with E-state index in [1.807, 2.05) is 12.3 Å². The van der Waals surface area contributed by atoms with E-state index in [1.54, 1.807) is 5.51 Å². The molecule has 0 spiro atoms. The lowest BCUT2D eigenvalue weighted by Crippen LogP contribution is -2.02. The minimum Gasteiger partial charge on any atom is -0.380 e. The average molecular weight is 203 g/mol. The maximum Gasteiger partial charge on any atom is 0.167 e. The molecule has 5 heteroatoms. The zero-order valence-corrected chi connectivity index (χ0v) is 8.48. The lowest BCUT2D eigenvalue weighted by Gasteiger charge is -2.04. The summed E-state index contributed by atoms with van der Waals surface area (Å²) in [5, 5.41) is 1.90. The average Bonchev–Trinajstić information content (AvgIpc) is 2.59. The van der Waals surface area contributed by atoms with Gasteiger partial charge < -0.3 is 4.74 Å². The molecular weight excluding hydrogens is 193 g/mol. The molecule has 1 rings (SSSR count). The molecule has 0 bridgehead atoms. The second-order valence-electron chi connectivity index (χ2n) is 2.19. The molecule has 0 radical (unpaired) electrons. The zero-order chi connectivity index (χ0) is 8.81. The van der Waals surface area contributed by atoms with Crippen LogP contribution in [0, 0.1) is 0 Å². The fourth-order valence-electron chi connectivity index (χ4n) is 0.786. The third-order valence-corrected chi connectivity index (χ3v) is 2.67. The van der Waals surface area contributed by atoms with E-state index in [9.17, 15) is 4.57 Å². The highest BCUT2D eigenvalue weighted by atomic mass is 32.1. The lowest BCUT2D eigenvalue weighted by molar-refractivity contribution is 0.147. The number of aromatic nitrogens is 1. The van der Waals surface area contributed by atoms with Gasteiger partial charge >= 0.3 is 0 Å². The Kier molecular flexibility index (Phi) is 4.36. The Morgan fingerprint density at radius 1 is 1.83 bits per heavy atom. The molecule has 0 amide bonds. The fraction of sp³-hybridized carbons (Fsp3) is 0.571. The van der Waals surface area contributed by atoms with Gasteiger partial charge in [-0.05, 0) is 6.92 Å². The maximum atomic E-state index is 10.7. The summed E-state index contributed by atoms with van der Waals surface area (Å²) in [5.74, 6) is 0. The predicted octanol–water partition coefficient (Wildman–Crippen LogP) is 2.51. The monoisotopic (exact) mass is 203 g/mol. The first-order valence-corrected chi connectivity index (χ1v) is 5.49. The van der Waals surface area contributed by atoms with Crippen molar-refractivity contribution in [3.8, 4) is 0 Å². The number of ether oxygens (including phenoxy) is 1. The maximum absolute atomic E-state index is 10.7. The molecule has 0 aromatic carbocycles. The van der Waals surface area contributed by atoms with Gasteiger partial charge in [-0.1, -0.05) is 0 Å². The quantitative estimate of drug-likeness (QED) is 0.690. The van der Waals surface area contributed by atoms with Gasteiger partial charge in [0.25, 0.3) is 0 Å². The van der Waals surface area contributed by atoms with Crippen LogP contribution in [0.15, 0.2) is 10.9 Å². The van der Waals surface area contributed by atoms with Crippen molar-refractivity contribution < 1.29 is 9.30 Å². The first-order chi connectivity index (χ1) is 5.88. The van der Waals surface area contributed by atoms with Crippen LogP contribution in [0.5, 0.6) is 0 Å². The van der Waals surface area contributed by atoms with E-state index >= 15 is 0 Å². The molecule has 1 aromatic rings. The second-order valence-corrected chi connectivity index (χ2v) is 3.75. The Labute approximate surface area is 77.0 Å². The van der Waals surface area contributed by atoms with Crippen LogP contribution in [0.2, 0.25) is 0 Å². The van der Waals surface area contributed by atoms with Crippen LogP contribution < -0.4 is 0 Å². The minimum atomic E-state index is -0.101. The van der Waals surface area contributed by atoms with Crippen LogP contribution in [0.1, 0.15) is 18.3 Å². The van der Waals surface area contributed by atoms with Crippen LogP contribution in [-0.2, 0) is 9.30 Å². The van der Waals surface area contributed by atoms with E-state index in [1.165, 1.54) is 11.3 Å². The van der Waals surface area contributed by atoms with Crippen molar-refractivity contribution in [2.75, 3.05) is 13.2 Å². The Morgan fingerprint density at radius 2 is 2.67 bits per heavy atom. The van der Waals surface area contributed by atoms with Crippen molar-refractivity contribution in [3.05, 3.63) is 16.6 Å². The number of thiazole rings is 1. The molecule has 0 fully saturated rings. The summed E-state index contributed by atoms with van der Waals surface area (Å²) in [7, 11) is 0.0795. The van der Waals surface area contributed by atoms with Gasteiger partial charge in [-0.15, -0.1) is 11.3 Å². The molecule has 1 atom stereocenters. The molecule has 1 heterocycles. The largest absolute Gasteiger partial charge is 0.380 e. The van der Waals surface area contributed by atoms with Gasteiger partial charge in [0.2, 0.25) is 0 Å². The highest BCUT2D eigenvalue weighted by molar-refractivity contribution is 7.24. The van der Waals surface area contributed by atoms with Crippen molar-refractivity contribution in [2.24, 2.45) is 0 Å². The molecule has 0 aliphatic rings. The standard InChI is InChI=1S/C7H10NO2PS/c1-2-10-3-7(11-9)6-4-12-5-8-6/h4-5,7H,2-3H2,1H3. The van der Waals surface area contributed by atoms with Crippen molar-refractivity contribution in [3.63, 3.8) is 0 Å². The summed E-state index contributed by atoms with van der Waals surface area (Å²) in [6.07, 6.45) is 0. The Hall–Kier alpha value is -0.310. The second kappa shape index (κ2) is 5.36. The van der Waals surface area contributed by atoms with E-state index in [0.29, 0.717) is 13.2 Å². The van der Waals surface area contributed by atoms with Gasteiger partial charge in [-0.3, -0.25) is 4.57 Å². The third-order valence-electron chi connectivity index (χ3n) is 1.40. The summed E-state index contributed by atoms with van der Waals surface area (Å²) in [6.45, 7) is 3.04. The van der Waals surface area contributed by atoms with Crippen LogP contribution in [0.4, 0.5) is 0 Å². The highest BCUT2D eigenvalue weighted by Gasteiger charge is 2.12. The van der Waals surface area contributed by atoms with Crippen molar-refractivity contribution in [1.29, 1.82) is 0 Å². The van der Waals surface area contributed by atoms with Gasteiger partial charge in [-0.2, -0.15) is 0 Å². The van der Waals surface area contributed by atoms with Crippen LogP contribution in [-0.4, -0.2) is 18.2 Å². The molecular formula is C7H10NO2PS. The van der Waals surface area contributed by atoms with Crippen molar-refractivity contribution in [2.45, 2.75) is 12.6 Å². The summed E-state index contributed by atoms with van der Waals surface area (Å²) in [6, 6.07) is 0. The molecule has 0 N–H and O–H groups in total. The Bertz CT molecular complexity index is 227. The number of rotatable bonds is 5. The van der Waals surface area contributed by atoms with E-state index in [0.717, 1.165) is 5.69 Å². The molecule has 3 nitrogen and oxygen atoms in total. The molecule has 0 saturated carbocycles. The van der Waals surface area contributed by atoms with E-state index < -0.39 is 0 Å². The van der Waals surface area contributed by atoms with E-state index in [2.05, 4.69) is 4.98 Å². The SMILES string of the molecule is CCOCC(P=O)c1cscn1. The number of hydrogen-bond donors (Lipinski definition) is 0. The van der Waals surface area contributed by atoms with E-state index in [-0.39, 0.29) is 14.1 Å². The normalized spacial score (nSPS) is 13.4. The first-order valence-electron chi connectivity index (χ1n) is 3.66. The minimum absolute atomic E-state index is 0.0795. The molecule has 0 aliphatic carbocycles. The Balaban J connectivity index is 2.51. The van der Waals surface area contributed by atoms with Crippen LogP contribution >= 0.6 is 19.8 Å². The summed E-state index contributed by atoms with van der Waals surface area (Å²) in [4.78, 5) is 4.07. The Morgan fingerprint density at radius 3 is 3.17 bits per heavy atom. The van der Waals surface area contributed by atoms with Crippen molar-refractivity contribution >= 4 is 19.8 Å². The van der Waals surface area contributed by atoms with Crippen molar-refractivity contribution in [1.82, 2.24) is 4.98 Å². The molecule has 12 heavy (non-hydrogen) atoms. The highest BCUT2D eigenvalue weighted by Crippen LogP contribution is 2.26. The summed E-state index contributed by atoms with van der Waals surface area (Å²) < 4.78 is 15.9. The number of hydrogen-bond acceptors (Lipinski definition) is 4. The molecule has 0 aliphatic heterocycles. The zero-order valence-electron chi connectivity index (χ0n) is 6.77. The van der Waals surface area contributed by atoms with Gasteiger partial charge in [0, 0.05) is 12.0 Å². The smallest absolute Gasteiger partial charge is 0.167 e. The molecule has 1 unspecified atom stereocenters. The third kappa shape index (κ3) is 2.63. The number of nitrogens with zero attached hydrogens (tertiary/aromatic N) is 1. The van der Waals surface area contributed by atoms with Gasteiger partial charge in [0.15, 0.2) is 8.46 Å². The van der Waals surface area contributed by atoms with Crippen LogP contribution in [0.3, 0.4) is 0 Å². The van der Waals surface area contributed by atoms with Gasteiger partial charge in [0.05, 0.1) is 17.8 Å².